The molecule has 0 saturated carbocycles. The summed E-state index contributed by atoms with van der Waals surface area (Å²) in [6.07, 6.45) is -0.773. The van der Waals surface area contributed by atoms with Crippen molar-refractivity contribution in [3.05, 3.63) is 70.1 Å². The number of aromatic nitrogens is 1. The van der Waals surface area contributed by atoms with Gasteiger partial charge in [-0.1, -0.05) is 30.3 Å². The molecule has 1 heterocycles. The molecule has 0 aliphatic carbocycles. The second-order valence-corrected chi connectivity index (χ2v) is 6.99. The molecule has 2 N–H and O–H groups in total. The van der Waals surface area contributed by atoms with Gasteiger partial charge in [0.2, 0.25) is 5.56 Å². The monoisotopic (exact) mass is 438 g/mol. The van der Waals surface area contributed by atoms with E-state index < -0.39 is 12.8 Å². The fourth-order valence-corrected chi connectivity index (χ4v) is 2.80. The third kappa shape index (κ3) is 10.2. The van der Waals surface area contributed by atoms with Crippen LogP contribution in [0.15, 0.2) is 58.4 Å². The molecule has 0 fully saturated rings. The summed E-state index contributed by atoms with van der Waals surface area (Å²) in [7, 11) is 0. The van der Waals surface area contributed by atoms with Crippen LogP contribution in [0.2, 0.25) is 0 Å². The third-order valence-corrected chi connectivity index (χ3v) is 4.34. The Morgan fingerprint density at radius 3 is 2.48 bits per heavy atom. The highest BCUT2D eigenvalue weighted by molar-refractivity contribution is 5.79. The van der Waals surface area contributed by atoms with Crippen LogP contribution in [-0.4, -0.2) is 36.4 Å². The van der Waals surface area contributed by atoms with Gasteiger partial charge in [0.25, 0.3) is 0 Å². The number of benzene rings is 1. The SMILES string of the molecule is CCNC(=NCc1ccc(COCC(F)(F)F)cc1)NCCCCn1ccccc1=O. The molecule has 6 nitrogen and oxygen atoms in total. The van der Waals surface area contributed by atoms with Crippen molar-refractivity contribution in [2.75, 3.05) is 19.7 Å². The summed E-state index contributed by atoms with van der Waals surface area (Å²) in [6.45, 7) is 3.21. The Bertz CT molecular complexity index is 864. The first-order valence-corrected chi connectivity index (χ1v) is 10.3. The second kappa shape index (κ2) is 12.8. The van der Waals surface area contributed by atoms with Crippen LogP contribution in [0.25, 0.3) is 0 Å². The number of aryl methyl sites for hydroxylation is 1. The second-order valence-electron chi connectivity index (χ2n) is 6.99. The van der Waals surface area contributed by atoms with E-state index in [1.807, 2.05) is 25.1 Å². The molecule has 1 aromatic heterocycles. The first-order valence-electron chi connectivity index (χ1n) is 10.3. The molecular formula is C22H29F3N4O2. The van der Waals surface area contributed by atoms with E-state index in [0.29, 0.717) is 24.6 Å². The van der Waals surface area contributed by atoms with E-state index in [2.05, 4.69) is 20.4 Å². The first kappa shape index (κ1) is 24.5. The number of ether oxygens (including phenoxy) is 1. The minimum Gasteiger partial charge on any atom is -0.367 e. The number of unbranched alkanes of at least 4 members (excludes halogenated alkanes) is 1. The molecule has 9 heteroatoms. The minimum atomic E-state index is -4.32. The lowest BCUT2D eigenvalue weighted by atomic mass is 10.1. The van der Waals surface area contributed by atoms with Crippen LogP contribution in [0.1, 0.15) is 30.9 Å². The van der Waals surface area contributed by atoms with Gasteiger partial charge in [-0.05, 0) is 37.0 Å². The number of halogens is 3. The number of nitrogens with one attached hydrogen (secondary N) is 2. The van der Waals surface area contributed by atoms with Gasteiger partial charge in [0.1, 0.15) is 6.61 Å². The Morgan fingerprint density at radius 1 is 1.06 bits per heavy atom. The van der Waals surface area contributed by atoms with Gasteiger partial charge >= 0.3 is 6.18 Å². The zero-order chi connectivity index (χ0) is 22.5. The van der Waals surface area contributed by atoms with Gasteiger partial charge in [-0.15, -0.1) is 0 Å². The highest BCUT2D eigenvalue weighted by Crippen LogP contribution is 2.16. The summed E-state index contributed by atoms with van der Waals surface area (Å²) in [5, 5.41) is 6.45. The lowest BCUT2D eigenvalue weighted by molar-refractivity contribution is -0.176. The highest BCUT2D eigenvalue weighted by Gasteiger charge is 2.27. The Labute approximate surface area is 180 Å². The fourth-order valence-electron chi connectivity index (χ4n) is 2.80. The molecule has 0 spiro atoms. The van der Waals surface area contributed by atoms with E-state index in [4.69, 9.17) is 0 Å². The van der Waals surface area contributed by atoms with E-state index in [9.17, 15) is 18.0 Å². The van der Waals surface area contributed by atoms with Crippen LogP contribution in [-0.2, 0) is 24.4 Å². The van der Waals surface area contributed by atoms with Gasteiger partial charge in [-0.2, -0.15) is 13.2 Å². The van der Waals surface area contributed by atoms with Crippen molar-refractivity contribution in [1.29, 1.82) is 0 Å². The van der Waals surface area contributed by atoms with E-state index >= 15 is 0 Å². The number of alkyl halides is 3. The quantitative estimate of drug-likeness (QED) is 0.320. The molecule has 0 bridgehead atoms. The normalized spacial score (nSPS) is 12.1. The smallest absolute Gasteiger partial charge is 0.367 e. The molecular weight excluding hydrogens is 409 g/mol. The van der Waals surface area contributed by atoms with Crippen molar-refractivity contribution >= 4 is 5.96 Å². The number of guanidine groups is 1. The number of hydrogen-bond acceptors (Lipinski definition) is 3. The lowest BCUT2D eigenvalue weighted by Gasteiger charge is -2.12. The van der Waals surface area contributed by atoms with Crippen molar-refractivity contribution in [2.45, 2.75) is 45.6 Å². The number of pyridine rings is 1. The summed E-state index contributed by atoms with van der Waals surface area (Å²) in [5.74, 6) is 0.692. The van der Waals surface area contributed by atoms with Gasteiger partial charge in [-0.25, -0.2) is 4.99 Å². The Balaban J connectivity index is 1.74. The predicted molar refractivity (Wildman–Crippen MR) is 115 cm³/mol. The number of nitrogens with zero attached hydrogens (tertiary/aromatic N) is 2. The minimum absolute atomic E-state index is 0.00305. The van der Waals surface area contributed by atoms with Crippen molar-refractivity contribution in [3.63, 3.8) is 0 Å². The molecule has 31 heavy (non-hydrogen) atoms. The van der Waals surface area contributed by atoms with Crippen LogP contribution in [0.3, 0.4) is 0 Å². The van der Waals surface area contributed by atoms with Gasteiger partial charge in [0.05, 0.1) is 13.2 Å². The first-order chi connectivity index (χ1) is 14.9. The zero-order valence-electron chi connectivity index (χ0n) is 17.6. The summed E-state index contributed by atoms with van der Waals surface area (Å²) in [5.41, 5.74) is 1.63. The molecule has 0 radical (unpaired) electrons. The van der Waals surface area contributed by atoms with Crippen LogP contribution in [0.4, 0.5) is 13.2 Å². The van der Waals surface area contributed by atoms with Crippen molar-refractivity contribution in [3.8, 4) is 0 Å². The van der Waals surface area contributed by atoms with Gasteiger partial charge in [-0.3, -0.25) is 4.79 Å². The molecule has 0 aliphatic heterocycles. The molecule has 1 aromatic carbocycles. The van der Waals surface area contributed by atoms with Gasteiger partial charge < -0.3 is 19.9 Å². The summed E-state index contributed by atoms with van der Waals surface area (Å²) in [6, 6.07) is 12.3. The van der Waals surface area contributed by atoms with Crippen LogP contribution in [0, 0.1) is 0 Å². The average molecular weight is 438 g/mol. The van der Waals surface area contributed by atoms with Crippen LogP contribution >= 0.6 is 0 Å². The standard InChI is InChI=1S/C22H29F3N4O2/c1-2-26-21(27-12-4-6-14-29-13-5-3-7-20(29)30)28-15-18-8-10-19(11-9-18)16-31-17-22(23,24)25/h3,5,7-11,13H,2,4,6,12,14-17H2,1H3,(H2,26,27,28). The van der Waals surface area contributed by atoms with Crippen LogP contribution < -0.4 is 16.2 Å². The van der Waals surface area contributed by atoms with Crippen molar-refractivity contribution in [1.82, 2.24) is 15.2 Å². The number of rotatable bonds is 11. The molecule has 0 amide bonds. The molecule has 2 aromatic rings. The average Bonchev–Trinajstić information content (AvgIpc) is 2.73. The number of aliphatic imine (C=N–C) groups is 1. The number of hydrogen-bond donors (Lipinski definition) is 2. The van der Waals surface area contributed by atoms with Gasteiger partial charge in [0, 0.05) is 31.9 Å². The molecule has 2 rings (SSSR count). The maximum absolute atomic E-state index is 12.1. The molecule has 0 aliphatic rings. The van der Waals surface area contributed by atoms with Crippen molar-refractivity contribution < 1.29 is 17.9 Å². The van der Waals surface area contributed by atoms with Crippen LogP contribution in [0.5, 0.6) is 0 Å². The lowest BCUT2D eigenvalue weighted by Crippen LogP contribution is -2.37. The largest absolute Gasteiger partial charge is 0.411 e. The van der Waals surface area contributed by atoms with E-state index in [1.165, 1.54) is 0 Å². The van der Waals surface area contributed by atoms with E-state index in [1.54, 1.807) is 35.0 Å². The Hall–Kier alpha value is -2.81. The van der Waals surface area contributed by atoms with Gasteiger partial charge in [0.15, 0.2) is 5.96 Å². The summed E-state index contributed by atoms with van der Waals surface area (Å²) >= 11 is 0. The molecule has 170 valence electrons. The maximum Gasteiger partial charge on any atom is 0.411 e. The van der Waals surface area contributed by atoms with Crippen molar-refractivity contribution in [2.24, 2.45) is 4.99 Å². The third-order valence-electron chi connectivity index (χ3n) is 4.34. The topological polar surface area (TPSA) is 67.7 Å². The van der Waals surface area contributed by atoms with E-state index in [-0.39, 0.29) is 12.2 Å². The maximum atomic E-state index is 12.1. The molecule has 0 unspecified atom stereocenters. The molecule has 0 atom stereocenters. The predicted octanol–water partition coefficient (Wildman–Crippen LogP) is 3.46. The highest BCUT2D eigenvalue weighted by atomic mass is 19.4. The summed E-state index contributed by atoms with van der Waals surface area (Å²) < 4.78 is 42.7. The summed E-state index contributed by atoms with van der Waals surface area (Å²) in [4.78, 5) is 16.2. The Kier molecular flexibility index (Phi) is 10.1. The van der Waals surface area contributed by atoms with E-state index in [0.717, 1.165) is 31.5 Å². The molecule has 0 saturated heterocycles. The fraction of sp³-hybridized carbons (Fsp3) is 0.455. The zero-order valence-corrected chi connectivity index (χ0v) is 17.6. The Morgan fingerprint density at radius 2 is 1.81 bits per heavy atom.